The topological polar surface area (TPSA) is 121 Å². The maximum absolute atomic E-state index is 11.2. The number of aromatic nitrogens is 1. The normalized spacial score (nSPS) is 12.2. The molecule has 0 amide bonds. The third-order valence-corrected chi connectivity index (χ3v) is 4.61. The van der Waals surface area contributed by atoms with Gasteiger partial charge in [-0.2, -0.15) is 5.11 Å². The number of benzene rings is 2. The van der Waals surface area contributed by atoms with Gasteiger partial charge in [-0.05, 0) is 42.3 Å². The first-order valence-corrected chi connectivity index (χ1v) is 8.82. The SMILES string of the molecule is CCc1cccc2[nH]c(O)c(N=Nc3ccc(S(N)(=O)=O)cc3)c12. The summed E-state index contributed by atoms with van der Waals surface area (Å²) in [4.78, 5) is 2.88. The standard InChI is InChI=1S/C16H16N4O3S/c1-2-10-4-3-5-13-14(10)15(16(21)18-13)20-19-11-6-8-12(9-7-11)24(17,22)23/h3-9,18,21H,2H2,1H3,(H2,17,22,23). The lowest BCUT2D eigenvalue weighted by molar-refractivity contribution is 0.459. The average Bonchev–Trinajstić information content (AvgIpc) is 2.87. The van der Waals surface area contributed by atoms with Crippen LogP contribution in [0.2, 0.25) is 0 Å². The van der Waals surface area contributed by atoms with Crippen molar-refractivity contribution in [2.24, 2.45) is 15.4 Å². The third-order valence-electron chi connectivity index (χ3n) is 3.68. The van der Waals surface area contributed by atoms with E-state index in [4.69, 9.17) is 5.14 Å². The summed E-state index contributed by atoms with van der Waals surface area (Å²) in [5.41, 5.74) is 2.64. The Morgan fingerprint density at radius 1 is 1.12 bits per heavy atom. The van der Waals surface area contributed by atoms with E-state index in [0.29, 0.717) is 11.4 Å². The molecule has 4 N–H and O–H groups in total. The van der Waals surface area contributed by atoms with Crippen LogP contribution in [0.5, 0.6) is 5.88 Å². The molecule has 0 saturated heterocycles. The molecule has 2 aromatic carbocycles. The number of azo groups is 1. The van der Waals surface area contributed by atoms with E-state index in [0.717, 1.165) is 22.9 Å². The Kier molecular flexibility index (Phi) is 4.08. The Hall–Kier alpha value is -2.71. The molecule has 0 bridgehead atoms. The summed E-state index contributed by atoms with van der Waals surface area (Å²) in [5, 5.41) is 24.1. The second kappa shape index (κ2) is 6.06. The van der Waals surface area contributed by atoms with Crippen LogP contribution in [0.25, 0.3) is 10.9 Å². The summed E-state index contributed by atoms with van der Waals surface area (Å²) in [6, 6.07) is 11.4. The quantitative estimate of drug-likeness (QED) is 0.628. The van der Waals surface area contributed by atoms with Gasteiger partial charge in [0.25, 0.3) is 0 Å². The molecule has 24 heavy (non-hydrogen) atoms. The summed E-state index contributed by atoms with van der Waals surface area (Å²) >= 11 is 0. The first kappa shape index (κ1) is 16.2. The van der Waals surface area contributed by atoms with Crippen LogP contribution in [0.3, 0.4) is 0 Å². The molecule has 0 aliphatic carbocycles. The van der Waals surface area contributed by atoms with Gasteiger partial charge in [-0.1, -0.05) is 19.1 Å². The van der Waals surface area contributed by atoms with E-state index < -0.39 is 10.0 Å². The summed E-state index contributed by atoms with van der Waals surface area (Å²) < 4.78 is 22.5. The highest BCUT2D eigenvalue weighted by Crippen LogP contribution is 2.38. The number of primary sulfonamides is 1. The second-order valence-corrected chi connectivity index (χ2v) is 6.82. The van der Waals surface area contributed by atoms with Gasteiger partial charge in [0.1, 0.15) is 0 Å². The van der Waals surface area contributed by atoms with E-state index in [2.05, 4.69) is 15.2 Å². The number of aryl methyl sites for hydroxylation is 1. The van der Waals surface area contributed by atoms with Gasteiger partial charge in [0.05, 0.1) is 16.1 Å². The van der Waals surface area contributed by atoms with Gasteiger partial charge in [-0.15, -0.1) is 5.11 Å². The Morgan fingerprint density at radius 3 is 2.46 bits per heavy atom. The monoisotopic (exact) mass is 344 g/mol. The Balaban J connectivity index is 2.01. The molecule has 1 aromatic heterocycles. The molecule has 0 radical (unpaired) electrons. The van der Waals surface area contributed by atoms with Crippen molar-refractivity contribution < 1.29 is 13.5 Å². The van der Waals surface area contributed by atoms with Crippen LogP contribution < -0.4 is 5.14 Å². The van der Waals surface area contributed by atoms with Crippen molar-refractivity contribution in [1.29, 1.82) is 0 Å². The fourth-order valence-corrected chi connectivity index (χ4v) is 3.01. The lowest BCUT2D eigenvalue weighted by Gasteiger charge is -2.00. The fraction of sp³-hybridized carbons (Fsp3) is 0.125. The summed E-state index contributed by atoms with van der Waals surface area (Å²) in [7, 11) is -3.74. The van der Waals surface area contributed by atoms with Crippen LogP contribution >= 0.6 is 0 Å². The lowest BCUT2D eigenvalue weighted by atomic mass is 10.1. The predicted molar refractivity (Wildman–Crippen MR) is 91.3 cm³/mol. The van der Waals surface area contributed by atoms with Gasteiger partial charge in [0.2, 0.25) is 15.9 Å². The van der Waals surface area contributed by atoms with E-state index in [9.17, 15) is 13.5 Å². The molecule has 0 spiro atoms. The van der Waals surface area contributed by atoms with Crippen molar-refractivity contribution in [3.05, 3.63) is 48.0 Å². The number of hydrogen-bond donors (Lipinski definition) is 3. The molecule has 0 fully saturated rings. The van der Waals surface area contributed by atoms with Crippen LogP contribution in [0.4, 0.5) is 11.4 Å². The van der Waals surface area contributed by atoms with E-state index in [-0.39, 0.29) is 10.8 Å². The first-order valence-electron chi connectivity index (χ1n) is 7.27. The number of aromatic amines is 1. The highest BCUT2D eigenvalue weighted by atomic mass is 32.2. The van der Waals surface area contributed by atoms with Crippen molar-refractivity contribution in [3.63, 3.8) is 0 Å². The number of H-pyrrole nitrogens is 1. The second-order valence-electron chi connectivity index (χ2n) is 5.25. The summed E-state index contributed by atoms with van der Waals surface area (Å²) in [5.74, 6) is -0.0594. The summed E-state index contributed by atoms with van der Waals surface area (Å²) in [6.45, 7) is 2.02. The zero-order valence-electron chi connectivity index (χ0n) is 12.9. The van der Waals surface area contributed by atoms with Crippen LogP contribution in [0, 0.1) is 0 Å². The molecule has 0 saturated carbocycles. The van der Waals surface area contributed by atoms with Crippen LogP contribution in [-0.2, 0) is 16.4 Å². The molecule has 0 aliphatic heterocycles. The molecular formula is C16H16N4O3S. The molecule has 7 nitrogen and oxygen atoms in total. The zero-order valence-corrected chi connectivity index (χ0v) is 13.7. The maximum Gasteiger partial charge on any atom is 0.238 e. The number of nitrogens with zero attached hydrogens (tertiary/aromatic N) is 2. The number of hydrogen-bond acceptors (Lipinski definition) is 5. The molecule has 3 aromatic rings. The minimum absolute atomic E-state index is 0.00432. The van der Waals surface area contributed by atoms with Crippen LogP contribution in [-0.4, -0.2) is 18.5 Å². The van der Waals surface area contributed by atoms with E-state index >= 15 is 0 Å². The maximum atomic E-state index is 11.2. The number of sulfonamides is 1. The third kappa shape index (κ3) is 3.01. The largest absolute Gasteiger partial charge is 0.493 e. The highest BCUT2D eigenvalue weighted by molar-refractivity contribution is 7.89. The summed E-state index contributed by atoms with van der Waals surface area (Å²) in [6.07, 6.45) is 0.792. The fourth-order valence-electron chi connectivity index (χ4n) is 2.49. The first-order chi connectivity index (χ1) is 11.4. The number of nitrogens with two attached hydrogens (primary N) is 1. The van der Waals surface area contributed by atoms with Crippen molar-refractivity contribution in [2.75, 3.05) is 0 Å². The van der Waals surface area contributed by atoms with Gasteiger partial charge in [0, 0.05) is 5.39 Å². The minimum atomic E-state index is -3.74. The molecule has 0 atom stereocenters. The van der Waals surface area contributed by atoms with Gasteiger partial charge in [0.15, 0.2) is 5.69 Å². The highest BCUT2D eigenvalue weighted by Gasteiger charge is 2.13. The van der Waals surface area contributed by atoms with E-state index in [1.807, 2.05) is 25.1 Å². The smallest absolute Gasteiger partial charge is 0.238 e. The average molecular weight is 344 g/mol. The molecule has 1 heterocycles. The van der Waals surface area contributed by atoms with Crippen molar-refractivity contribution in [1.82, 2.24) is 4.98 Å². The molecule has 0 aliphatic rings. The minimum Gasteiger partial charge on any atom is -0.493 e. The molecule has 0 unspecified atom stereocenters. The van der Waals surface area contributed by atoms with Gasteiger partial charge in [-0.25, -0.2) is 13.6 Å². The van der Waals surface area contributed by atoms with Crippen molar-refractivity contribution in [3.8, 4) is 5.88 Å². The number of fused-ring (bicyclic) bond motifs is 1. The predicted octanol–water partition coefficient (Wildman–Crippen LogP) is 3.50. The zero-order chi connectivity index (χ0) is 17.3. The Morgan fingerprint density at radius 2 is 1.83 bits per heavy atom. The molecule has 3 rings (SSSR count). The molecular weight excluding hydrogens is 328 g/mol. The van der Waals surface area contributed by atoms with E-state index in [1.165, 1.54) is 24.3 Å². The number of rotatable bonds is 4. The van der Waals surface area contributed by atoms with Crippen LogP contribution in [0.1, 0.15) is 12.5 Å². The lowest BCUT2D eigenvalue weighted by Crippen LogP contribution is -2.11. The molecule has 8 heteroatoms. The van der Waals surface area contributed by atoms with Crippen molar-refractivity contribution >= 4 is 32.3 Å². The van der Waals surface area contributed by atoms with Crippen molar-refractivity contribution in [2.45, 2.75) is 18.2 Å². The molecule has 124 valence electrons. The van der Waals surface area contributed by atoms with Gasteiger partial charge in [-0.3, -0.25) is 0 Å². The number of nitrogens with one attached hydrogen (secondary N) is 1. The van der Waals surface area contributed by atoms with Gasteiger partial charge < -0.3 is 10.1 Å². The van der Waals surface area contributed by atoms with E-state index in [1.54, 1.807) is 0 Å². The van der Waals surface area contributed by atoms with Gasteiger partial charge >= 0.3 is 0 Å². The Labute approximate surface area is 138 Å². The Bertz CT molecular complexity index is 1020. The number of aromatic hydroxyl groups is 1. The van der Waals surface area contributed by atoms with Crippen LogP contribution in [0.15, 0.2) is 57.6 Å².